The summed E-state index contributed by atoms with van der Waals surface area (Å²) < 4.78 is 59.5. The smallest absolute Gasteiger partial charge is 0.244 e. The Morgan fingerprint density at radius 1 is 1.06 bits per heavy atom. The van der Waals surface area contributed by atoms with Gasteiger partial charge in [-0.2, -0.15) is 5.10 Å². The Bertz CT molecular complexity index is 1460. The molecule has 184 valence electrons. The zero-order valence-corrected chi connectivity index (χ0v) is 20.7. The van der Waals surface area contributed by atoms with Crippen LogP contribution < -0.4 is 18.9 Å². The maximum Gasteiger partial charge on any atom is 0.244 e. The Hall–Kier alpha value is -3.34. The molecular weight excluding hydrogens is 497 g/mol. The first-order valence-corrected chi connectivity index (χ1v) is 12.4. The van der Waals surface area contributed by atoms with Gasteiger partial charge in [0.1, 0.15) is 34.6 Å². The zero-order chi connectivity index (χ0) is 25.2. The van der Waals surface area contributed by atoms with E-state index in [1.165, 1.54) is 38.5 Å². The van der Waals surface area contributed by atoms with Crippen molar-refractivity contribution in [2.75, 3.05) is 20.8 Å². The van der Waals surface area contributed by atoms with Crippen LogP contribution in [0.4, 0.5) is 4.39 Å². The highest BCUT2D eigenvalue weighted by molar-refractivity contribution is 7.89. The number of aromatic nitrogens is 2. The summed E-state index contributed by atoms with van der Waals surface area (Å²) in [6.07, 6.45) is 1.64. The van der Waals surface area contributed by atoms with Crippen molar-refractivity contribution in [1.82, 2.24) is 14.5 Å². The number of sulfonamides is 1. The lowest BCUT2D eigenvalue weighted by atomic mass is 10.2. The third-order valence-electron chi connectivity index (χ3n) is 5.20. The van der Waals surface area contributed by atoms with Crippen molar-refractivity contribution in [3.63, 3.8) is 0 Å². The molecule has 8 nitrogen and oxygen atoms in total. The topological polar surface area (TPSA) is 91.7 Å². The number of halogens is 2. The number of nitrogens with zero attached hydrogens (tertiary/aromatic N) is 2. The number of nitrogens with one attached hydrogen (secondary N) is 1. The molecule has 4 aromatic rings. The van der Waals surface area contributed by atoms with Crippen molar-refractivity contribution in [3.8, 4) is 22.9 Å². The summed E-state index contributed by atoms with van der Waals surface area (Å²) in [5.74, 6) is 0.616. The largest absolute Gasteiger partial charge is 0.497 e. The fourth-order valence-corrected chi connectivity index (χ4v) is 5.12. The van der Waals surface area contributed by atoms with Gasteiger partial charge in [0.15, 0.2) is 0 Å². The highest BCUT2D eigenvalue weighted by Gasteiger charge is 2.23. The lowest BCUT2D eigenvalue weighted by molar-refractivity contribution is 0.288. The van der Waals surface area contributed by atoms with Crippen LogP contribution in [0.15, 0.2) is 65.7 Å². The minimum Gasteiger partial charge on any atom is -0.497 e. The van der Waals surface area contributed by atoms with E-state index in [0.717, 1.165) is 5.39 Å². The van der Waals surface area contributed by atoms with E-state index in [2.05, 4.69) is 9.82 Å². The van der Waals surface area contributed by atoms with Gasteiger partial charge in [-0.1, -0.05) is 11.6 Å². The van der Waals surface area contributed by atoms with E-state index in [0.29, 0.717) is 27.7 Å². The van der Waals surface area contributed by atoms with Crippen LogP contribution >= 0.6 is 11.6 Å². The fourth-order valence-electron chi connectivity index (χ4n) is 3.50. The van der Waals surface area contributed by atoms with Crippen LogP contribution in [0.5, 0.6) is 17.2 Å². The van der Waals surface area contributed by atoms with Gasteiger partial charge in [-0.05, 0) is 55.5 Å². The summed E-state index contributed by atoms with van der Waals surface area (Å²) in [7, 11) is -1.08. The molecule has 1 heterocycles. The molecule has 0 radical (unpaired) electrons. The number of rotatable bonds is 9. The Kier molecular flexibility index (Phi) is 7.15. The van der Waals surface area contributed by atoms with Gasteiger partial charge < -0.3 is 14.2 Å². The second-order valence-electron chi connectivity index (χ2n) is 7.72. The summed E-state index contributed by atoms with van der Waals surface area (Å²) in [6, 6.07) is 13.3. The van der Waals surface area contributed by atoms with Gasteiger partial charge in [-0.3, -0.25) is 0 Å². The van der Waals surface area contributed by atoms with Gasteiger partial charge in [-0.25, -0.2) is 22.2 Å². The minimum absolute atomic E-state index is 0.0167. The van der Waals surface area contributed by atoms with Gasteiger partial charge in [-0.15, -0.1) is 0 Å². The SMILES string of the molecule is COc1ccc(OC)c(S(=O)(=O)N[C@@H](C)COc2cc3cnn(-c4ccc(F)cc4)c3cc2Cl)c1. The lowest BCUT2D eigenvalue weighted by Crippen LogP contribution is -2.37. The van der Waals surface area contributed by atoms with Crippen LogP contribution in [0.1, 0.15) is 6.92 Å². The second kappa shape index (κ2) is 10.1. The molecule has 0 bridgehead atoms. The van der Waals surface area contributed by atoms with Gasteiger partial charge in [0, 0.05) is 11.5 Å². The zero-order valence-electron chi connectivity index (χ0n) is 19.2. The average Bonchev–Trinajstić information content (AvgIpc) is 3.24. The first-order chi connectivity index (χ1) is 16.7. The van der Waals surface area contributed by atoms with Crippen LogP contribution in [0.2, 0.25) is 5.02 Å². The number of methoxy groups -OCH3 is 2. The van der Waals surface area contributed by atoms with Gasteiger partial charge in [0.2, 0.25) is 10.0 Å². The number of hydrogen-bond acceptors (Lipinski definition) is 6. The highest BCUT2D eigenvalue weighted by Crippen LogP contribution is 2.32. The van der Waals surface area contributed by atoms with Crippen molar-refractivity contribution < 1.29 is 27.0 Å². The second-order valence-corrected chi connectivity index (χ2v) is 9.81. The van der Waals surface area contributed by atoms with Crippen LogP contribution in [-0.4, -0.2) is 45.1 Å². The molecule has 3 aromatic carbocycles. The van der Waals surface area contributed by atoms with E-state index in [9.17, 15) is 12.8 Å². The molecule has 0 fully saturated rings. The molecular formula is C24H23ClFN3O5S. The Balaban J connectivity index is 1.49. The lowest BCUT2D eigenvalue weighted by Gasteiger charge is -2.17. The van der Waals surface area contributed by atoms with Crippen LogP contribution in [0.3, 0.4) is 0 Å². The first-order valence-electron chi connectivity index (χ1n) is 10.5. The molecule has 0 unspecified atom stereocenters. The van der Waals surface area contributed by atoms with Crippen molar-refractivity contribution in [2.24, 2.45) is 0 Å². The van der Waals surface area contributed by atoms with Crippen molar-refractivity contribution in [3.05, 3.63) is 71.6 Å². The number of benzene rings is 3. The van der Waals surface area contributed by atoms with Gasteiger partial charge in [0.25, 0.3) is 0 Å². The highest BCUT2D eigenvalue weighted by atomic mass is 35.5. The molecule has 0 saturated heterocycles. The standard InChI is InChI=1S/C24H23ClFN3O5S/c1-15(28-35(30,31)24-11-19(32-2)8-9-22(24)33-3)14-34-23-10-16-13-27-29(21(16)12-20(23)25)18-6-4-17(26)5-7-18/h4-13,15,28H,14H2,1-3H3/t15-/m0/s1. The number of hydrogen-bond donors (Lipinski definition) is 1. The van der Waals surface area contributed by atoms with E-state index in [4.69, 9.17) is 25.8 Å². The third kappa shape index (κ3) is 5.34. The molecule has 0 aliphatic carbocycles. The normalized spacial score (nSPS) is 12.5. The van der Waals surface area contributed by atoms with Crippen molar-refractivity contribution in [2.45, 2.75) is 17.9 Å². The van der Waals surface area contributed by atoms with E-state index in [1.807, 2.05) is 0 Å². The summed E-state index contributed by atoms with van der Waals surface area (Å²) in [5, 5.41) is 5.43. The van der Waals surface area contributed by atoms with Gasteiger partial charge in [0.05, 0.1) is 42.7 Å². The van der Waals surface area contributed by atoms with E-state index in [-0.39, 0.29) is 23.1 Å². The predicted octanol–water partition coefficient (Wildman–Crippen LogP) is 4.58. The molecule has 35 heavy (non-hydrogen) atoms. The predicted molar refractivity (Wildman–Crippen MR) is 131 cm³/mol. The molecule has 0 aliphatic rings. The monoisotopic (exact) mass is 519 g/mol. The van der Waals surface area contributed by atoms with Crippen LogP contribution in [-0.2, 0) is 10.0 Å². The van der Waals surface area contributed by atoms with Crippen LogP contribution in [0, 0.1) is 5.82 Å². The quantitative estimate of drug-likeness (QED) is 0.348. The summed E-state index contributed by atoms with van der Waals surface area (Å²) >= 11 is 6.44. The molecule has 1 aromatic heterocycles. The van der Waals surface area contributed by atoms with Gasteiger partial charge >= 0.3 is 0 Å². The summed E-state index contributed by atoms with van der Waals surface area (Å²) in [4.78, 5) is -0.0427. The van der Waals surface area contributed by atoms with Crippen LogP contribution in [0.25, 0.3) is 16.6 Å². The molecule has 4 rings (SSSR count). The molecule has 11 heteroatoms. The van der Waals surface area contributed by atoms with Crippen molar-refractivity contribution in [1.29, 1.82) is 0 Å². The molecule has 1 atom stereocenters. The summed E-state index contributed by atoms with van der Waals surface area (Å²) in [5.41, 5.74) is 1.40. The molecule has 0 spiro atoms. The van der Waals surface area contributed by atoms with E-state index in [1.54, 1.807) is 48.1 Å². The first kappa shape index (κ1) is 24.8. The maximum absolute atomic E-state index is 13.3. The molecule has 1 N–H and O–H groups in total. The maximum atomic E-state index is 13.3. The van der Waals surface area contributed by atoms with Crippen molar-refractivity contribution >= 4 is 32.5 Å². The van der Waals surface area contributed by atoms with E-state index >= 15 is 0 Å². The Morgan fingerprint density at radius 2 is 1.80 bits per heavy atom. The fraction of sp³-hybridized carbons (Fsp3) is 0.208. The number of ether oxygens (including phenoxy) is 3. The molecule has 0 amide bonds. The average molecular weight is 520 g/mol. The third-order valence-corrected chi connectivity index (χ3v) is 7.10. The Morgan fingerprint density at radius 3 is 2.49 bits per heavy atom. The Labute approximate surface area is 207 Å². The number of fused-ring (bicyclic) bond motifs is 1. The van der Waals surface area contributed by atoms with E-state index < -0.39 is 16.1 Å². The molecule has 0 saturated carbocycles. The molecule has 0 aliphatic heterocycles. The minimum atomic E-state index is -3.92. The summed E-state index contributed by atoms with van der Waals surface area (Å²) in [6.45, 7) is 1.69.